The van der Waals surface area contributed by atoms with E-state index in [1.165, 1.54) is 6.07 Å². The third kappa shape index (κ3) is 3.42. The topological polar surface area (TPSA) is 29.9 Å². The molecule has 0 unspecified atom stereocenters. The summed E-state index contributed by atoms with van der Waals surface area (Å²) in [6.07, 6.45) is 2.90. The lowest BCUT2D eigenvalue weighted by atomic mass is 10.2. The van der Waals surface area contributed by atoms with E-state index in [2.05, 4.69) is 17.3 Å². The first kappa shape index (κ1) is 14.7. The van der Waals surface area contributed by atoms with Crippen molar-refractivity contribution in [2.45, 2.75) is 33.4 Å². The Balaban J connectivity index is 2.07. The molecule has 1 aromatic carbocycles. The van der Waals surface area contributed by atoms with Gasteiger partial charge in [0.25, 0.3) is 0 Å². The molecule has 2 rings (SSSR count). The van der Waals surface area contributed by atoms with Gasteiger partial charge in [-0.2, -0.15) is 5.10 Å². The van der Waals surface area contributed by atoms with Crippen LogP contribution in [0.2, 0.25) is 0 Å². The van der Waals surface area contributed by atoms with Gasteiger partial charge in [0.05, 0.1) is 12.7 Å². The van der Waals surface area contributed by atoms with Crippen LogP contribution >= 0.6 is 0 Å². The van der Waals surface area contributed by atoms with E-state index < -0.39 is 11.6 Å². The van der Waals surface area contributed by atoms with Crippen molar-refractivity contribution < 1.29 is 8.78 Å². The van der Waals surface area contributed by atoms with Crippen LogP contribution in [-0.4, -0.2) is 16.3 Å². The predicted molar refractivity (Wildman–Crippen MR) is 74.4 cm³/mol. The Morgan fingerprint density at radius 2 is 2.05 bits per heavy atom. The minimum absolute atomic E-state index is 0.441. The third-order valence-electron chi connectivity index (χ3n) is 3.26. The fraction of sp³-hybridized carbons (Fsp3) is 0.400. The average molecular weight is 279 g/mol. The van der Waals surface area contributed by atoms with Crippen molar-refractivity contribution in [2.24, 2.45) is 0 Å². The van der Waals surface area contributed by atoms with Crippen molar-refractivity contribution in [1.82, 2.24) is 15.1 Å². The molecule has 0 saturated carbocycles. The Morgan fingerprint density at radius 1 is 1.25 bits per heavy atom. The van der Waals surface area contributed by atoms with Crippen LogP contribution < -0.4 is 5.32 Å². The highest BCUT2D eigenvalue weighted by atomic mass is 19.2. The number of hydrogen-bond acceptors (Lipinski definition) is 2. The molecule has 0 atom stereocenters. The maximum Gasteiger partial charge on any atom is 0.159 e. The normalized spacial score (nSPS) is 11.0. The molecule has 108 valence electrons. The molecule has 3 nitrogen and oxygen atoms in total. The van der Waals surface area contributed by atoms with Gasteiger partial charge in [-0.25, -0.2) is 8.78 Å². The number of nitrogens with zero attached hydrogens (tertiary/aromatic N) is 2. The monoisotopic (exact) mass is 279 g/mol. The van der Waals surface area contributed by atoms with Crippen LogP contribution in [0, 0.1) is 18.6 Å². The van der Waals surface area contributed by atoms with Crippen molar-refractivity contribution in [2.75, 3.05) is 6.54 Å². The molecule has 0 aliphatic carbocycles. The van der Waals surface area contributed by atoms with E-state index in [0.717, 1.165) is 36.8 Å². The molecule has 20 heavy (non-hydrogen) atoms. The van der Waals surface area contributed by atoms with Gasteiger partial charge >= 0.3 is 0 Å². The summed E-state index contributed by atoms with van der Waals surface area (Å²) in [4.78, 5) is 0. The minimum atomic E-state index is -0.824. The van der Waals surface area contributed by atoms with E-state index in [-0.39, 0.29) is 0 Å². The maximum absolute atomic E-state index is 13.2. The summed E-state index contributed by atoms with van der Waals surface area (Å²) in [6, 6.07) is 3.94. The smallest absolute Gasteiger partial charge is 0.159 e. The third-order valence-corrected chi connectivity index (χ3v) is 3.26. The van der Waals surface area contributed by atoms with Gasteiger partial charge in [-0.15, -0.1) is 0 Å². The Hall–Kier alpha value is -1.75. The van der Waals surface area contributed by atoms with E-state index in [4.69, 9.17) is 0 Å². The molecule has 5 heteroatoms. The van der Waals surface area contributed by atoms with Gasteiger partial charge in [-0.1, -0.05) is 13.0 Å². The first-order valence-electron chi connectivity index (χ1n) is 6.77. The van der Waals surface area contributed by atoms with Crippen LogP contribution in [-0.2, 0) is 13.1 Å². The Morgan fingerprint density at radius 3 is 2.75 bits per heavy atom. The van der Waals surface area contributed by atoms with Gasteiger partial charge in [-0.05, 0) is 37.6 Å². The Labute approximate surface area is 117 Å². The summed E-state index contributed by atoms with van der Waals surface area (Å²) in [5.74, 6) is -1.65. The van der Waals surface area contributed by atoms with Gasteiger partial charge < -0.3 is 5.32 Å². The van der Waals surface area contributed by atoms with Crippen LogP contribution in [0.15, 0.2) is 24.4 Å². The fourth-order valence-corrected chi connectivity index (χ4v) is 2.03. The molecule has 0 bridgehead atoms. The van der Waals surface area contributed by atoms with E-state index in [9.17, 15) is 8.78 Å². The van der Waals surface area contributed by atoms with Crippen molar-refractivity contribution in [3.8, 4) is 0 Å². The van der Waals surface area contributed by atoms with Gasteiger partial charge in [0.2, 0.25) is 0 Å². The maximum atomic E-state index is 13.2. The van der Waals surface area contributed by atoms with Crippen LogP contribution in [0.5, 0.6) is 0 Å². The molecule has 0 radical (unpaired) electrons. The highest BCUT2D eigenvalue weighted by molar-refractivity contribution is 5.21. The van der Waals surface area contributed by atoms with Crippen LogP contribution in [0.25, 0.3) is 0 Å². The molecule has 1 heterocycles. The molecule has 0 aliphatic heterocycles. The first-order valence-corrected chi connectivity index (χ1v) is 6.77. The number of benzene rings is 1. The summed E-state index contributed by atoms with van der Waals surface area (Å²) in [7, 11) is 0. The second kappa shape index (κ2) is 6.61. The molecule has 0 spiro atoms. The lowest BCUT2D eigenvalue weighted by molar-refractivity contribution is 0.505. The molecule has 1 aromatic heterocycles. The average Bonchev–Trinajstić information content (AvgIpc) is 2.76. The zero-order valence-electron chi connectivity index (χ0n) is 11.8. The summed E-state index contributed by atoms with van der Waals surface area (Å²) in [5, 5.41) is 7.63. The second-order valence-corrected chi connectivity index (χ2v) is 4.84. The van der Waals surface area contributed by atoms with Crippen LogP contribution in [0.1, 0.15) is 30.2 Å². The lowest BCUT2D eigenvalue weighted by Crippen LogP contribution is -2.14. The van der Waals surface area contributed by atoms with Gasteiger partial charge in [0, 0.05) is 17.8 Å². The van der Waals surface area contributed by atoms with Crippen LogP contribution in [0.3, 0.4) is 0 Å². The molecular weight excluding hydrogens is 260 g/mol. The summed E-state index contributed by atoms with van der Waals surface area (Å²) in [5.41, 5.74) is 2.86. The summed E-state index contributed by atoms with van der Waals surface area (Å²) < 4.78 is 27.9. The first-order chi connectivity index (χ1) is 9.61. The predicted octanol–water partition coefficient (Wildman–Crippen LogP) is 3.02. The number of rotatable bonds is 6. The number of aromatic nitrogens is 2. The number of halogens is 2. The van der Waals surface area contributed by atoms with Crippen molar-refractivity contribution >= 4 is 0 Å². The minimum Gasteiger partial charge on any atom is -0.313 e. The molecule has 0 amide bonds. The molecule has 2 aromatic rings. The zero-order valence-corrected chi connectivity index (χ0v) is 11.8. The van der Waals surface area contributed by atoms with Crippen molar-refractivity contribution in [3.05, 3.63) is 52.9 Å². The van der Waals surface area contributed by atoms with Crippen molar-refractivity contribution in [3.63, 3.8) is 0 Å². The van der Waals surface area contributed by atoms with Gasteiger partial charge in [0.1, 0.15) is 0 Å². The Bertz CT molecular complexity index is 578. The van der Waals surface area contributed by atoms with E-state index in [1.54, 1.807) is 10.7 Å². The number of hydrogen-bond donors (Lipinski definition) is 1. The summed E-state index contributed by atoms with van der Waals surface area (Å²) >= 11 is 0. The van der Waals surface area contributed by atoms with Gasteiger partial charge in [-0.3, -0.25) is 4.68 Å². The molecule has 1 N–H and O–H groups in total. The van der Waals surface area contributed by atoms with Crippen molar-refractivity contribution in [1.29, 1.82) is 0 Å². The SMILES string of the molecule is CCCNCc1cnn(Cc2ccc(F)c(F)c2)c1C. The van der Waals surface area contributed by atoms with Crippen LogP contribution in [0.4, 0.5) is 8.78 Å². The molecular formula is C15H19F2N3. The van der Waals surface area contributed by atoms with Gasteiger partial charge in [0.15, 0.2) is 11.6 Å². The quantitative estimate of drug-likeness (QED) is 0.824. The fourth-order valence-electron chi connectivity index (χ4n) is 2.03. The second-order valence-electron chi connectivity index (χ2n) is 4.84. The van der Waals surface area contributed by atoms with E-state index in [1.807, 2.05) is 13.1 Å². The summed E-state index contributed by atoms with van der Waals surface area (Å²) in [6.45, 7) is 6.28. The molecule has 0 fully saturated rings. The number of nitrogens with one attached hydrogen (secondary N) is 1. The zero-order chi connectivity index (χ0) is 14.5. The molecule has 0 saturated heterocycles. The van der Waals surface area contributed by atoms with E-state index in [0.29, 0.717) is 12.1 Å². The largest absolute Gasteiger partial charge is 0.313 e. The van der Waals surface area contributed by atoms with E-state index >= 15 is 0 Å². The molecule has 0 aliphatic rings. The highest BCUT2D eigenvalue weighted by Gasteiger charge is 2.08. The Kier molecular flexibility index (Phi) is 4.84. The lowest BCUT2D eigenvalue weighted by Gasteiger charge is -2.07. The standard InChI is InChI=1S/C15H19F2N3/c1-3-6-18-8-13-9-19-20(11(13)2)10-12-4-5-14(16)15(17)7-12/h4-5,7,9,18H,3,6,8,10H2,1-2H3. The highest BCUT2D eigenvalue weighted by Crippen LogP contribution is 2.13.